The Labute approximate surface area is 121 Å². The van der Waals surface area contributed by atoms with Crippen LogP contribution >= 0.6 is 0 Å². The molecule has 0 bridgehead atoms. The van der Waals surface area contributed by atoms with Gasteiger partial charge in [0.1, 0.15) is 5.75 Å². The van der Waals surface area contributed by atoms with E-state index in [2.05, 4.69) is 10.0 Å². The van der Waals surface area contributed by atoms with Crippen LogP contribution in [0.15, 0.2) is 24.3 Å². The normalized spacial score (nSPS) is 18.8. The van der Waals surface area contributed by atoms with E-state index in [1.54, 1.807) is 24.3 Å². The summed E-state index contributed by atoms with van der Waals surface area (Å²) in [5, 5.41) is 2.84. The molecule has 1 fully saturated rings. The molecule has 9 heteroatoms. The Kier molecular flexibility index (Phi) is 4.43. The Hall–Kier alpha value is -2.13. The average molecular weight is 313 g/mol. The molecular weight excluding hydrogens is 298 g/mol. The number of nitrogens with one attached hydrogen (secondary N) is 3. The van der Waals surface area contributed by atoms with Crippen LogP contribution in [0, 0.1) is 0 Å². The predicted octanol–water partition coefficient (Wildman–Crippen LogP) is -0.677. The van der Waals surface area contributed by atoms with Crippen molar-refractivity contribution in [2.24, 2.45) is 0 Å². The standard InChI is InChI=1S/C12H15N3O5S/c1-20-9-5-3-2-4-8(9)6-14-21(18,19)10-7-13-12(17)15-11(10)16/h2-5,10,14H,6-7H2,1H3,(H2,13,15,16,17). The van der Waals surface area contributed by atoms with Crippen LogP contribution in [0.3, 0.4) is 0 Å². The first-order chi connectivity index (χ1) is 9.94. The SMILES string of the molecule is COc1ccccc1CNS(=O)(=O)C1CNC(=O)NC1=O. The summed E-state index contributed by atoms with van der Waals surface area (Å²) in [5.74, 6) is -0.298. The van der Waals surface area contributed by atoms with Gasteiger partial charge in [-0.3, -0.25) is 10.1 Å². The van der Waals surface area contributed by atoms with Crippen molar-refractivity contribution >= 4 is 22.0 Å². The summed E-state index contributed by atoms with van der Waals surface area (Å²) in [6.45, 7) is -0.268. The molecule has 21 heavy (non-hydrogen) atoms. The second-order valence-corrected chi connectivity index (χ2v) is 6.31. The number of hydrogen-bond donors (Lipinski definition) is 3. The van der Waals surface area contributed by atoms with E-state index in [0.717, 1.165) is 0 Å². The summed E-state index contributed by atoms with van der Waals surface area (Å²) in [7, 11) is -2.43. The van der Waals surface area contributed by atoms with Gasteiger partial charge in [0.25, 0.3) is 0 Å². The molecule has 0 saturated carbocycles. The van der Waals surface area contributed by atoms with Crippen molar-refractivity contribution in [1.29, 1.82) is 0 Å². The van der Waals surface area contributed by atoms with Gasteiger partial charge in [-0.15, -0.1) is 0 Å². The van der Waals surface area contributed by atoms with Gasteiger partial charge in [-0.2, -0.15) is 0 Å². The van der Waals surface area contributed by atoms with E-state index >= 15 is 0 Å². The van der Waals surface area contributed by atoms with Crippen molar-refractivity contribution in [2.75, 3.05) is 13.7 Å². The lowest BCUT2D eigenvalue weighted by molar-refractivity contribution is -0.120. The maximum Gasteiger partial charge on any atom is 0.321 e. The molecule has 0 aromatic heterocycles. The molecule has 8 nitrogen and oxygen atoms in total. The van der Waals surface area contributed by atoms with Gasteiger partial charge >= 0.3 is 6.03 Å². The Bertz CT molecular complexity index is 659. The zero-order valence-corrected chi connectivity index (χ0v) is 12.1. The first-order valence-corrected chi connectivity index (χ1v) is 7.68. The molecule has 0 aliphatic carbocycles. The van der Waals surface area contributed by atoms with Crippen molar-refractivity contribution in [1.82, 2.24) is 15.4 Å². The lowest BCUT2D eigenvalue weighted by atomic mass is 10.2. The molecule has 2 rings (SSSR count). The minimum Gasteiger partial charge on any atom is -0.496 e. The Morgan fingerprint density at radius 1 is 1.33 bits per heavy atom. The van der Waals surface area contributed by atoms with Gasteiger partial charge in [-0.25, -0.2) is 17.9 Å². The molecule has 1 aromatic rings. The third-order valence-corrected chi connectivity index (χ3v) is 4.68. The first kappa shape index (κ1) is 15.3. The van der Waals surface area contributed by atoms with E-state index in [4.69, 9.17) is 4.74 Å². The fourth-order valence-corrected chi connectivity index (χ4v) is 3.09. The van der Waals surface area contributed by atoms with Gasteiger partial charge < -0.3 is 10.1 Å². The number of carbonyl (C=O) groups is 2. The molecular formula is C12H15N3O5S. The van der Waals surface area contributed by atoms with E-state index < -0.39 is 27.2 Å². The number of amides is 3. The van der Waals surface area contributed by atoms with Crippen molar-refractivity contribution in [3.8, 4) is 5.75 Å². The number of benzene rings is 1. The summed E-state index contributed by atoms with van der Waals surface area (Å²) < 4.78 is 31.7. The zero-order chi connectivity index (χ0) is 15.5. The van der Waals surface area contributed by atoms with Crippen LogP contribution in [-0.2, 0) is 21.4 Å². The molecule has 1 aromatic carbocycles. The van der Waals surface area contributed by atoms with Gasteiger partial charge in [0.05, 0.1) is 7.11 Å². The number of ether oxygens (including phenoxy) is 1. The van der Waals surface area contributed by atoms with Crippen molar-refractivity contribution in [3.63, 3.8) is 0 Å². The topological polar surface area (TPSA) is 114 Å². The van der Waals surface area contributed by atoms with Crippen LogP contribution in [0.2, 0.25) is 0 Å². The lowest BCUT2D eigenvalue weighted by Gasteiger charge is -2.22. The second-order valence-electron chi connectivity index (χ2n) is 4.37. The zero-order valence-electron chi connectivity index (χ0n) is 11.3. The molecule has 1 aliphatic rings. The minimum absolute atomic E-state index is 0.00985. The largest absolute Gasteiger partial charge is 0.496 e. The number of imide groups is 1. The molecule has 0 spiro atoms. The summed E-state index contributed by atoms with van der Waals surface area (Å²) in [6.07, 6.45) is 0. The van der Waals surface area contributed by atoms with E-state index in [1.807, 2.05) is 5.32 Å². The van der Waals surface area contributed by atoms with Gasteiger partial charge in [-0.05, 0) is 6.07 Å². The monoisotopic (exact) mass is 313 g/mol. The van der Waals surface area contributed by atoms with Crippen molar-refractivity contribution in [2.45, 2.75) is 11.8 Å². The number of para-hydroxylation sites is 1. The molecule has 114 valence electrons. The summed E-state index contributed by atoms with van der Waals surface area (Å²) >= 11 is 0. The van der Waals surface area contributed by atoms with Gasteiger partial charge in [0.15, 0.2) is 5.25 Å². The van der Waals surface area contributed by atoms with E-state index in [1.165, 1.54) is 7.11 Å². The van der Waals surface area contributed by atoms with Crippen LogP contribution in [0.25, 0.3) is 0 Å². The van der Waals surface area contributed by atoms with E-state index in [-0.39, 0.29) is 13.1 Å². The van der Waals surface area contributed by atoms with Crippen molar-refractivity contribution in [3.05, 3.63) is 29.8 Å². The smallest absolute Gasteiger partial charge is 0.321 e. The van der Waals surface area contributed by atoms with Crippen LogP contribution < -0.4 is 20.1 Å². The number of carbonyl (C=O) groups excluding carboxylic acids is 2. The molecule has 0 radical (unpaired) electrons. The molecule has 1 aliphatic heterocycles. The molecule has 3 amide bonds. The molecule has 1 heterocycles. The van der Waals surface area contributed by atoms with Crippen LogP contribution in [0.5, 0.6) is 5.75 Å². The molecule has 3 N–H and O–H groups in total. The third-order valence-electron chi connectivity index (χ3n) is 3.01. The summed E-state index contributed by atoms with van der Waals surface area (Å²) in [5.41, 5.74) is 0.642. The Balaban J connectivity index is 2.08. The van der Waals surface area contributed by atoms with E-state index in [9.17, 15) is 18.0 Å². The summed E-state index contributed by atoms with van der Waals surface area (Å²) in [4.78, 5) is 22.5. The van der Waals surface area contributed by atoms with Crippen molar-refractivity contribution < 1.29 is 22.7 Å². The average Bonchev–Trinajstić information content (AvgIpc) is 2.45. The molecule has 1 saturated heterocycles. The first-order valence-electron chi connectivity index (χ1n) is 6.13. The Morgan fingerprint density at radius 2 is 2.05 bits per heavy atom. The van der Waals surface area contributed by atoms with E-state index in [0.29, 0.717) is 11.3 Å². The highest BCUT2D eigenvalue weighted by Gasteiger charge is 2.36. The molecule has 1 unspecified atom stereocenters. The van der Waals surface area contributed by atoms with Crippen LogP contribution in [-0.4, -0.2) is 39.3 Å². The highest BCUT2D eigenvalue weighted by molar-refractivity contribution is 7.90. The maximum atomic E-state index is 12.1. The number of hydrogen-bond acceptors (Lipinski definition) is 5. The second kappa shape index (κ2) is 6.10. The Morgan fingerprint density at radius 3 is 2.71 bits per heavy atom. The van der Waals surface area contributed by atoms with Gasteiger partial charge in [0, 0.05) is 18.7 Å². The maximum absolute atomic E-state index is 12.1. The lowest BCUT2D eigenvalue weighted by Crippen LogP contribution is -2.59. The number of sulfonamides is 1. The number of rotatable bonds is 5. The minimum atomic E-state index is -3.91. The predicted molar refractivity (Wildman–Crippen MR) is 74.1 cm³/mol. The third kappa shape index (κ3) is 3.50. The highest BCUT2D eigenvalue weighted by Crippen LogP contribution is 2.17. The van der Waals surface area contributed by atoms with Crippen LogP contribution in [0.4, 0.5) is 4.79 Å². The summed E-state index contributed by atoms with van der Waals surface area (Å²) in [6, 6.07) is 6.23. The number of urea groups is 1. The van der Waals surface area contributed by atoms with Gasteiger partial charge in [0.2, 0.25) is 15.9 Å². The fourth-order valence-electron chi connectivity index (χ4n) is 1.89. The van der Waals surface area contributed by atoms with Crippen LogP contribution in [0.1, 0.15) is 5.56 Å². The molecule has 1 atom stereocenters. The number of methoxy groups -OCH3 is 1. The fraction of sp³-hybridized carbons (Fsp3) is 0.333. The quantitative estimate of drug-likeness (QED) is 0.667. The van der Waals surface area contributed by atoms with Gasteiger partial charge in [-0.1, -0.05) is 18.2 Å². The highest BCUT2D eigenvalue weighted by atomic mass is 32.2.